The molecule has 31 heavy (non-hydrogen) atoms. The lowest BCUT2D eigenvalue weighted by molar-refractivity contribution is -0.137. The van der Waals surface area contributed by atoms with Crippen LogP contribution in [0.3, 0.4) is 0 Å². The van der Waals surface area contributed by atoms with Gasteiger partial charge in [-0.2, -0.15) is 0 Å². The van der Waals surface area contributed by atoms with Crippen molar-refractivity contribution in [1.29, 1.82) is 0 Å². The third kappa shape index (κ3) is 4.89. The number of piperidine rings is 2. The highest BCUT2D eigenvalue weighted by molar-refractivity contribution is 5.94. The minimum absolute atomic E-state index is 0.126. The van der Waals surface area contributed by atoms with E-state index in [1.807, 2.05) is 34.1 Å². The van der Waals surface area contributed by atoms with Crippen molar-refractivity contribution in [3.63, 3.8) is 0 Å². The molecule has 5 nitrogen and oxygen atoms in total. The molecule has 164 valence electrons. The van der Waals surface area contributed by atoms with E-state index in [1.54, 1.807) is 19.2 Å². The second-order valence-corrected chi connectivity index (χ2v) is 8.46. The summed E-state index contributed by atoms with van der Waals surface area (Å²) < 4.78 is 18.8. The molecule has 6 heteroatoms. The summed E-state index contributed by atoms with van der Waals surface area (Å²) >= 11 is 0. The largest absolute Gasteiger partial charge is 0.497 e. The molecule has 2 aromatic carbocycles. The van der Waals surface area contributed by atoms with Crippen molar-refractivity contribution in [2.45, 2.75) is 38.1 Å². The van der Waals surface area contributed by atoms with Gasteiger partial charge >= 0.3 is 0 Å². The number of carbonyl (C=O) groups excluding carboxylic acids is 2. The van der Waals surface area contributed by atoms with Gasteiger partial charge in [0, 0.05) is 37.7 Å². The third-order valence-corrected chi connectivity index (χ3v) is 6.51. The lowest BCUT2D eigenvalue weighted by Crippen LogP contribution is -2.56. The lowest BCUT2D eigenvalue weighted by atomic mass is 9.83. The van der Waals surface area contributed by atoms with Crippen molar-refractivity contribution in [2.75, 3.05) is 26.7 Å². The normalized spacial score (nSPS) is 20.8. The van der Waals surface area contributed by atoms with Gasteiger partial charge in [-0.1, -0.05) is 18.2 Å². The predicted octanol–water partition coefficient (Wildman–Crippen LogP) is 3.92. The molecular formula is C25H29FN2O3. The van der Waals surface area contributed by atoms with Gasteiger partial charge in [0.25, 0.3) is 5.91 Å². The molecule has 2 atom stereocenters. The molecule has 0 aliphatic carbocycles. The van der Waals surface area contributed by atoms with Crippen LogP contribution in [-0.2, 0) is 11.2 Å². The molecule has 2 aliphatic rings. The second kappa shape index (κ2) is 9.50. The summed E-state index contributed by atoms with van der Waals surface area (Å²) in [6, 6.07) is 13.9. The number of ether oxygens (including phenoxy) is 1. The molecule has 0 aromatic heterocycles. The number of likely N-dealkylation sites (tertiary alicyclic amines) is 2. The molecular weight excluding hydrogens is 395 g/mol. The summed E-state index contributed by atoms with van der Waals surface area (Å²) in [5.41, 5.74) is 1.48. The lowest BCUT2D eigenvalue weighted by Gasteiger charge is -2.47. The van der Waals surface area contributed by atoms with Crippen molar-refractivity contribution >= 4 is 11.8 Å². The Balaban J connectivity index is 1.36. The van der Waals surface area contributed by atoms with E-state index in [4.69, 9.17) is 4.74 Å². The second-order valence-electron chi connectivity index (χ2n) is 8.46. The maximum absolute atomic E-state index is 13.5. The van der Waals surface area contributed by atoms with Crippen LogP contribution in [-0.4, -0.2) is 54.4 Å². The molecule has 0 N–H and O–H groups in total. The SMILES string of the molecule is COc1cccc(CCC(=O)N2CCC[C@@H]3CN(C(=O)c4cccc(F)c4)CC[C@@H]32)c1. The molecule has 0 spiro atoms. The number of hydrogen-bond donors (Lipinski definition) is 0. The smallest absolute Gasteiger partial charge is 0.253 e. The molecule has 2 amide bonds. The first kappa shape index (κ1) is 21.3. The van der Waals surface area contributed by atoms with Gasteiger partial charge in [0.05, 0.1) is 7.11 Å². The standard InChI is InChI=1S/C25H29FN2O3/c1-31-22-9-2-5-18(15-22)10-11-24(29)28-13-4-7-20-17-27(14-12-23(20)28)25(30)19-6-3-8-21(26)16-19/h2-3,5-6,8-9,15-16,20,23H,4,7,10-14,17H2,1H3/t20-,23+/m1/s1. The molecule has 0 bridgehead atoms. The first-order chi connectivity index (χ1) is 15.0. The number of fused-ring (bicyclic) bond motifs is 1. The average Bonchev–Trinajstić information content (AvgIpc) is 2.81. The van der Waals surface area contributed by atoms with Gasteiger partial charge in [0.15, 0.2) is 0 Å². The van der Waals surface area contributed by atoms with Crippen molar-refractivity contribution in [1.82, 2.24) is 9.80 Å². The molecule has 0 saturated carbocycles. The van der Waals surface area contributed by atoms with E-state index >= 15 is 0 Å². The summed E-state index contributed by atoms with van der Waals surface area (Å²) in [5, 5.41) is 0. The highest BCUT2D eigenvalue weighted by atomic mass is 19.1. The number of aryl methyl sites for hydroxylation is 1. The van der Waals surface area contributed by atoms with Gasteiger partial charge in [0.1, 0.15) is 11.6 Å². The summed E-state index contributed by atoms with van der Waals surface area (Å²) in [4.78, 5) is 29.7. The Bertz CT molecular complexity index is 948. The van der Waals surface area contributed by atoms with Crippen LogP contribution >= 0.6 is 0 Å². The third-order valence-electron chi connectivity index (χ3n) is 6.51. The zero-order valence-corrected chi connectivity index (χ0v) is 17.9. The number of hydrogen-bond acceptors (Lipinski definition) is 3. The number of benzene rings is 2. The molecule has 2 aromatic rings. The van der Waals surface area contributed by atoms with Crippen molar-refractivity contribution < 1.29 is 18.7 Å². The Morgan fingerprint density at radius 1 is 1.10 bits per heavy atom. The van der Waals surface area contributed by atoms with Gasteiger partial charge in [-0.05, 0) is 67.5 Å². The van der Waals surface area contributed by atoms with Crippen LogP contribution in [0.5, 0.6) is 5.75 Å². The van der Waals surface area contributed by atoms with E-state index in [0.717, 1.165) is 37.1 Å². The molecule has 0 unspecified atom stereocenters. The van der Waals surface area contributed by atoms with Crippen LogP contribution < -0.4 is 4.74 Å². The Labute approximate surface area is 182 Å². The minimum atomic E-state index is -0.397. The first-order valence-electron chi connectivity index (χ1n) is 11.0. The van der Waals surface area contributed by atoms with Gasteiger partial charge in [-0.15, -0.1) is 0 Å². The van der Waals surface area contributed by atoms with Crippen LogP contribution in [0.1, 0.15) is 41.6 Å². The number of carbonyl (C=O) groups is 2. The zero-order chi connectivity index (χ0) is 21.8. The summed E-state index contributed by atoms with van der Waals surface area (Å²) in [7, 11) is 1.64. The van der Waals surface area contributed by atoms with E-state index in [1.165, 1.54) is 12.1 Å². The van der Waals surface area contributed by atoms with Crippen LogP contribution in [0.25, 0.3) is 0 Å². The highest BCUT2D eigenvalue weighted by Crippen LogP contribution is 2.32. The van der Waals surface area contributed by atoms with Crippen molar-refractivity contribution in [3.8, 4) is 5.75 Å². The van der Waals surface area contributed by atoms with E-state index < -0.39 is 5.82 Å². The van der Waals surface area contributed by atoms with E-state index in [2.05, 4.69) is 0 Å². The van der Waals surface area contributed by atoms with Crippen molar-refractivity contribution in [3.05, 3.63) is 65.5 Å². The fourth-order valence-corrected chi connectivity index (χ4v) is 4.92. The molecule has 0 radical (unpaired) electrons. The Morgan fingerprint density at radius 3 is 2.74 bits per heavy atom. The van der Waals surface area contributed by atoms with Gasteiger partial charge in [-0.25, -0.2) is 4.39 Å². The average molecular weight is 425 g/mol. The number of methoxy groups -OCH3 is 1. The Morgan fingerprint density at radius 2 is 1.94 bits per heavy atom. The minimum Gasteiger partial charge on any atom is -0.497 e. The fourth-order valence-electron chi connectivity index (χ4n) is 4.92. The maximum atomic E-state index is 13.5. The quantitative estimate of drug-likeness (QED) is 0.731. The summed E-state index contributed by atoms with van der Waals surface area (Å²) in [6.45, 7) is 2.01. The number of halogens is 1. The first-order valence-corrected chi connectivity index (χ1v) is 11.0. The Hall–Kier alpha value is -2.89. The monoisotopic (exact) mass is 424 g/mol. The van der Waals surface area contributed by atoms with Gasteiger partial charge in [0.2, 0.25) is 5.91 Å². The molecule has 2 saturated heterocycles. The number of amides is 2. The topological polar surface area (TPSA) is 49.9 Å². The van der Waals surface area contributed by atoms with Gasteiger partial charge in [-0.3, -0.25) is 9.59 Å². The van der Waals surface area contributed by atoms with E-state index in [-0.39, 0.29) is 23.8 Å². The maximum Gasteiger partial charge on any atom is 0.253 e. The van der Waals surface area contributed by atoms with Crippen LogP contribution in [0.2, 0.25) is 0 Å². The summed E-state index contributed by atoms with van der Waals surface area (Å²) in [6.07, 6.45) is 3.90. The molecule has 2 aliphatic heterocycles. The van der Waals surface area contributed by atoms with Crippen molar-refractivity contribution in [2.24, 2.45) is 5.92 Å². The van der Waals surface area contributed by atoms with Crippen LogP contribution in [0, 0.1) is 11.7 Å². The predicted molar refractivity (Wildman–Crippen MR) is 116 cm³/mol. The number of rotatable bonds is 5. The molecule has 2 fully saturated rings. The van der Waals surface area contributed by atoms with E-state index in [0.29, 0.717) is 31.5 Å². The summed E-state index contributed by atoms with van der Waals surface area (Å²) in [5.74, 6) is 0.743. The number of nitrogens with zero attached hydrogens (tertiary/aromatic N) is 2. The zero-order valence-electron chi connectivity index (χ0n) is 17.9. The van der Waals surface area contributed by atoms with Crippen LogP contribution in [0.4, 0.5) is 4.39 Å². The van der Waals surface area contributed by atoms with E-state index in [9.17, 15) is 14.0 Å². The fraction of sp³-hybridized carbons (Fsp3) is 0.440. The molecule has 2 heterocycles. The highest BCUT2D eigenvalue weighted by Gasteiger charge is 2.39. The van der Waals surface area contributed by atoms with Gasteiger partial charge < -0.3 is 14.5 Å². The Kier molecular flexibility index (Phi) is 6.54. The molecule has 4 rings (SSSR count). The van der Waals surface area contributed by atoms with Crippen LogP contribution in [0.15, 0.2) is 48.5 Å².